The molecule has 1 heterocycles. The number of ether oxygens (including phenoxy) is 3. The number of likely N-dealkylation sites (N-methyl/N-ethyl adjacent to an activating group) is 1. The molecule has 0 radical (unpaired) electrons. The molecule has 0 aromatic heterocycles. The Balaban J connectivity index is 1.83. The predicted octanol–water partition coefficient (Wildman–Crippen LogP) is 2.38. The molecule has 0 spiro atoms. The third-order valence-electron chi connectivity index (χ3n) is 5.82. The second-order valence-electron chi connectivity index (χ2n) is 7.37. The molecule has 3 atom stereocenters. The number of carbonyl (C=O) groups is 2. The van der Waals surface area contributed by atoms with Crippen molar-refractivity contribution in [3.05, 3.63) is 35.9 Å². The summed E-state index contributed by atoms with van der Waals surface area (Å²) in [5, 5.41) is 8.72. The first-order valence-electron chi connectivity index (χ1n) is 9.43. The Morgan fingerprint density at radius 2 is 1.96 bits per heavy atom. The fourth-order valence-electron chi connectivity index (χ4n) is 4.32. The molecule has 1 aliphatic carbocycles. The van der Waals surface area contributed by atoms with Gasteiger partial charge in [-0.25, -0.2) is 0 Å². The number of hydrogen-bond donors (Lipinski definition) is 1. The van der Waals surface area contributed by atoms with Crippen LogP contribution in [-0.4, -0.2) is 61.9 Å². The van der Waals surface area contributed by atoms with Gasteiger partial charge in [-0.05, 0) is 43.8 Å². The molecule has 2 aliphatic rings. The number of benzene rings is 1. The van der Waals surface area contributed by atoms with Crippen LogP contribution in [0.15, 0.2) is 30.4 Å². The summed E-state index contributed by atoms with van der Waals surface area (Å²) in [4.78, 5) is 24.9. The first-order chi connectivity index (χ1) is 13.4. The molecular formula is C21H27NO6. The normalized spacial score (nSPS) is 26.5. The minimum absolute atomic E-state index is 0.110. The van der Waals surface area contributed by atoms with E-state index in [4.69, 9.17) is 19.3 Å². The SMILES string of the molecule is COc1ccc([C@@]23C=C[C@@H](OC(=O)CCC(=O)O)C[C@@H]2N(C)CC3)cc1OC. The van der Waals surface area contributed by atoms with Crippen molar-refractivity contribution in [2.45, 2.75) is 43.2 Å². The molecule has 7 heteroatoms. The van der Waals surface area contributed by atoms with Crippen LogP contribution in [-0.2, 0) is 19.7 Å². The number of esters is 1. The van der Waals surface area contributed by atoms with E-state index in [-0.39, 0.29) is 30.4 Å². The molecule has 0 bridgehead atoms. The summed E-state index contributed by atoms with van der Waals surface area (Å²) < 4.78 is 16.3. The molecule has 7 nitrogen and oxygen atoms in total. The van der Waals surface area contributed by atoms with Gasteiger partial charge >= 0.3 is 11.9 Å². The van der Waals surface area contributed by atoms with E-state index in [2.05, 4.69) is 24.1 Å². The van der Waals surface area contributed by atoms with Gasteiger partial charge in [0.15, 0.2) is 11.5 Å². The van der Waals surface area contributed by atoms with Gasteiger partial charge in [0, 0.05) is 17.9 Å². The van der Waals surface area contributed by atoms with Crippen molar-refractivity contribution in [3.63, 3.8) is 0 Å². The zero-order chi connectivity index (χ0) is 20.3. The number of carboxylic acid groups (broad SMARTS) is 1. The summed E-state index contributed by atoms with van der Waals surface area (Å²) in [6.45, 7) is 0.934. The Labute approximate surface area is 164 Å². The molecule has 0 amide bonds. The van der Waals surface area contributed by atoms with Crippen LogP contribution in [0.4, 0.5) is 0 Å². The molecule has 1 saturated heterocycles. The maximum absolute atomic E-state index is 11.9. The zero-order valence-corrected chi connectivity index (χ0v) is 16.5. The Morgan fingerprint density at radius 3 is 2.64 bits per heavy atom. The van der Waals surface area contributed by atoms with E-state index in [1.807, 2.05) is 18.2 Å². The largest absolute Gasteiger partial charge is 0.493 e. The highest BCUT2D eigenvalue weighted by Crippen LogP contribution is 2.47. The van der Waals surface area contributed by atoms with E-state index in [0.717, 1.165) is 18.5 Å². The Morgan fingerprint density at radius 1 is 1.21 bits per heavy atom. The van der Waals surface area contributed by atoms with Gasteiger partial charge in [0.05, 0.1) is 27.1 Å². The lowest BCUT2D eigenvalue weighted by atomic mass is 9.69. The van der Waals surface area contributed by atoms with Crippen LogP contribution >= 0.6 is 0 Å². The van der Waals surface area contributed by atoms with Gasteiger partial charge in [0.1, 0.15) is 6.10 Å². The average Bonchev–Trinajstić information content (AvgIpc) is 3.03. The summed E-state index contributed by atoms with van der Waals surface area (Å²) in [5.41, 5.74) is 0.963. The minimum atomic E-state index is -1.00. The van der Waals surface area contributed by atoms with Gasteiger partial charge in [0.25, 0.3) is 0 Å². The van der Waals surface area contributed by atoms with Crippen LogP contribution in [0.3, 0.4) is 0 Å². The third kappa shape index (κ3) is 3.85. The number of likely N-dealkylation sites (tertiary alicyclic amines) is 1. The molecule has 1 aromatic rings. The Bertz CT molecular complexity index is 776. The van der Waals surface area contributed by atoms with Crippen LogP contribution in [0.5, 0.6) is 11.5 Å². The number of nitrogens with zero attached hydrogens (tertiary/aromatic N) is 1. The minimum Gasteiger partial charge on any atom is -0.493 e. The number of rotatable bonds is 7. The Hall–Kier alpha value is -2.54. The highest BCUT2D eigenvalue weighted by molar-refractivity contribution is 5.76. The van der Waals surface area contributed by atoms with Gasteiger partial charge in [-0.2, -0.15) is 0 Å². The van der Waals surface area contributed by atoms with Crippen molar-refractivity contribution in [2.24, 2.45) is 0 Å². The van der Waals surface area contributed by atoms with Crippen LogP contribution in [0.25, 0.3) is 0 Å². The van der Waals surface area contributed by atoms with E-state index in [9.17, 15) is 9.59 Å². The molecule has 1 aliphatic heterocycles. The third-order valence-corrected chi connectivity index (χ3v) is 5.82. The van der Waals surface area contributed by atoms with Crippen molar-refractivity contribution in [3.8, 4) is 11.5 Å². The quantitative estimate of drug-likeness (QED) is 0.566. The van der Waals surface area contributed by atoms with Gasteiger partial charge in [0.2, 0.25) is 0 Å². The van der Waals surface area contributed by atoms with Crippen molar-refractivity contribution in [2.75, 3.05) is 27.8 Å². The fourth-order valence-corrected chi connectivity index (χ4v) is 4.32. The highest BCUT2D eigenvalue weighted by Gasteiger charge is 2.48. The van der Waals surface area contributed by atoms with Crippen LogP contribution in [0.2, 0.25) is 0 Å². The van der Waals surface area contributed by atoms with E-state index in [0.29, 0.717) is 17.9 Å². The Kier molecular flexibility index (Phi) is 5.93. The lowest BCUT2D eigenvalue weighted by molar-refractivity contribution is -0.151. The van der Waals surface area contributed by atoms with E-state index in [1.165, 1.54) is 0 Å². The topological polar surface area (TPSA) is 85.3 Å². The van der Waals surface area contributed by atoms with Crippen LogP contribution in [0.1, 0.15) is 31.2 Å². The first-order valence-corrected chi connectivity index (χ1v) is 9.43. The maximum Gasteiger partial charge on any atom is 0.306 e. The lowest BCUT2D eigenvalue weighted by Crippen LogP contribution is -2.45. The molecule has 0 unspecified atom stereocenters. The van der Waals surface area contributed by atoms with Crippen molar-refractivity contribution in [1.82, 2.24) is 4.90 Å². The van der Waals surface area contributed by atoms with Gasteiger partial charge in [-0.3, -0.25) is 9.59 Å². The summed E-state index contributed by atoms with van der Waals surface area (Å²) in [5.74, 6) is -0.0932. The van der Waals surface area contributed by atoms with Crippen molar-refractivity contribution < 1.29 is 28.9 Å². The number of fused-ring (bicyclic) bond motifs is 1. The first kappa shape index (κ1) is 20.2. The summed E-state index contributed by atoms with van der Waals surface area (Å²) in [6.07, 6.45) is 5.03. The number of carbonyl (C=O) groups excluding carboxylic acids is 1. The predicted molar refractivity (Wildman–Crippen MR) is 103 cm³/mol. The number of methoxy groups -OCH3 is 2. The number of carboxylic acids is 1. The second-order valence-corrected chi connectivity index (χ2v) is 7.37. The molecule has 1 fully saturated rings. The summed E-state index contributed by atoms with van der Waals surface area (Å²) in [6, 6.07) is 6.18. The monoisotopic (exact) mass is 389 g/mol. The van der Waals surface area contributed by atoms with E-state index in [1.54, 1.807) is 14.2 Å². The highest BCUT2D eigenvalue weighted by atomic mass is 16.5. The van der Waals surface area contributed by atoms with E-state index >= 15 is 0 Å². The van der Waals surface area contributed by atoms with Crippen molar-refractivity contribution >= 4 is 11.9 Å². The standard InChI is InChI=1S/C21H27NO6/c1-22-11-10-21(14-4-5-16(26-2)17(12-14)27-3)9-8-15(13-18(21)22)28-20(25)7-6-19(23)24/h4-5,8-9,12,15,18H,6-7,10-11,13H2,1-3H3,(H,23,24)/t15-,18+,21+/m1/s1. The molecule has 152 valence electrons. The smallest absolute Gasteiger partial charge is 0.306 e. The van der Waals surface area contributed by atoms with Gasteiger partial charge in [-0.1, -0.05) is 12.1 Å². The molecule has 3 rings (SSSR count). The van der Waals surface area contributed by atoms with Crippen molar-refractivity contribution in [1.29, 1.82) is 0 Å². The zero-order valence-electron chi connectivity index (χ0n) is 16.5. The molecule has 28 heavy (non-hydrogen) atoms. The van der Waals surface area contributed by atoms with E-state index < -0.39 is 11.9 Å². The molecule has 1 aromatic carbocycles. The van der Waals surface area contributed by atoms with Gasteiger partial charge in [-0.15, -0.1) is 0 Å². The summed E-state index contributed by atoms with van der Waals surface area (Å²) in [7, 11) is 5.32. The summed E-state index contributed by atoms with van der Waals surface area (Å²) >= 11 is 0. The molecule has 0 saturated carbocycles. The van der Waals surface area contributed by atoms with Crippen LogP contribution in [0, 0.1) is 0 Å². The fraction of sp³-hybridized carbons (Fsp3) is 0.524. The second kappa shape index (κ2) is 8.22. The number of hydrogen-bond acceptors (Lipinski definition) is 6. The molecular weight excluding hydrogens is 362 g/mol. The lowest BCUT2D eigenvalue weighted by Gasteiger charge is -2.40. The van der Waals surface area contributed by atoms with Gasteiger partial charge < -0.3 is 24.2 Å². The van der Waals surface area contributed by atoms with Crippen LogP contribution < -0.4 is 9.47 Å². The maximum atomic E-state index is 11.9. The average molecular weight is 389 g/mol. The number of aliphatic carboxylic acids is 1. The molecule has 1 N–H and O–H groups in total.